The minimum absolute atomic E-state index is 0.143. The molecule has 0 fully saturated rings. The van der Waals surface area contributed by atoms with Crippen LogP contribution in [0.2, 0.25) is 0 Å². The highest BCUT2D eigenvalue weighted by Crippen LogP contribution is 2.31. The molecule has 3 aromatic rings. The van der Waals surface area contributed by atoms with Crippen LogP contribution in [0, 0.1) is 3.57 Å². The standard InChI is InChI=1S/C18H10INO5S/c19-12-7-9-13(10-8-12)26(23,24)25-20-17(21)14-5-1-3-11-4-2-6-15(16(11)14)18(20)22/h1-10H. The molecule has 0 atom stereocenters. The zero-order valence-electron chi connectivity index (χ0n) is 13.0. The fourth-order valence-electron chi connectivity index (χ4n) is 2.82. The summed E-state index contributed by atoms with van der Waals surface area (Å²) in [5.74, 6) is -1.62. The maximum Gasteiger partial charge on any atom is 0.318 e. The number of hydrogen-bond acceptors (Lipinski definition) is 5. The quantitative estimate of drug-likeness (QED) is 0.425. The second kappa shape index (κ2) is 6.15. The zero-order valence-corrected chi connectivity index (χ0v) is 16.0. The van der Waals surface area contributed by atoms with Crippen LogP contribution in [0.25, 0.3) is 10.8 Å². The van der Waals surface area contributed by atoms with E-state index in [4.69, 9.17) is 4.28 Å². The normalized spacial score (nSPS) is 14.1. The van der Waals surface area contributed by atoms with Crippen LogP contribution in [0.4, 0.5) is 0 Å². The van der Waals surface area contributed by atoms with E-state index in [0.717, 1.165) is 8.96 Å². The lowest BCUT2D eigenvalue weighted by molar-refractivity contribution is -0.0155. The van der Waals surface area contributed by atoms with Gasteiger partial charge in [0, 0.05) is 8.96 Å². The van der Waals surface area contributed by atoms with Crippen LogP contribution in [0.1, 0.15) is 20.7 Å². The summed E-state index contributed by atoms with van der Waals surface area (Å²) in [5, 5.41) is 1.53. The van der Waals surface area contributed by atoms with Gasteiger partial charge in [-0.2, -0.15) is 8.42 Å². The van der Waals surface area contributed by atoms with E-state index < -0.39 is 21.9 Å². The van der Waals surface area contributed by atoms with Gasteiger partial charge in [0.25, 0.3) is 11.8 Å². The van der Waals surface area contributed by atoms with Crippen molar-refractivity contribution in [3.8, 4) is 0 Å². The zero-order chi connectivity index (χ0) is 18.5. The second-order valence-electron chi connectivity index (χ2n) is 5.60. The average Bonchev–Trinajstić information content (AvgIpc) is 2.63. The highest BCUT2D eigenvalue weighted by atomic mass is 127. The molecule has 0 spiro atoms. The maximum absolute atomic E-state index is 12.7. The fraction of sp³-hybridized carbons (Fsp3) is 0. The maximum atomic E-state index is 12.7. The third-order valence-electron chi connectivity index (χ3n) is 4.01. The molecule has 4 rings (SSSR count). The van der Waals surface area contributed by atoms with E-state index in [-0.39, 0.29) is 16.0 Å². The summed E-state index contributed by atoms with van der Waals surface area (Å²) in [6.45, 7) is 0. The van der Waals surface area contributed by atoms with Gasteiger partial charge in [0.05, 0.1) is 16.0 Å². The van der Waals surface area contributed by atoms with Gasteiger partial charge in [0.2, 0.25) is 0 Å². The van der Waals surface area contributed by atoms with E-state index in [0.29, 0.717) is 10.4 Å². The van der Waals surface area contributed by atoms with Crippen LogP contribution in [-0.2, 0) is 14.4 Å². The molecule has 6 nitrogen and oxygen atoms in total. The molecule has 1 aliphatic heterocycles. The van der Waals surface area contributed by atoms with E-state index in [2.05, 4.69) is 0 Å². The topological polar surface area (TPSA) is 80.8 Å². The molecule has 130 valence electrons. The van der Waals surface area contributed by atoms with Gasteiger partial charge in [0.15, 0.2) is 0 Å². The number of nitrogens with zero attached hydrogens (tertiary/aromatic N) is 1. The summed E-state index contributed by atoms with van der Waals surface area (Å²) < 4.78 is 30.7. The van der Waals surface area contributed by atoms with Crippen molar-refractivity contribution in [1.29, 1.82) is 0 Å². The van der Waals surface area contributed by atoms with Crippen molar-refractivity contribution in [1.82, 2.24) is 5.06 Å². The van der Waals surface area contributed by atoms with Crippen molar-refractivity contribution in [2.24, 2.45) is 0 Å². The minimum atomic E-state index is -4.33. The number of carbonyl (C=O) groups is 2. The predicted octanol–water partition coefficient (Wildman–Crippen LogP) is 3.36. The number of amides is 2. The number of hydroxylamine groups is 2. The van der Waals surface area contributed by atoms with E-state index in [1.807, 2.05) is 22.6 Å². The molecule has 8 heteroatoms. The van der Waals surface area contributed by atoms with Crippen LogP contribution in [-0.4, -0.2) is 25.3 Å². The van der Waals surface area contributed by atoms with Crippen LogP contribution in [0.5, 0.6) is 0 Å². The van der Waals surface area contributed by atoms with Gasteiger partial charge in [-0.05, 0) is 64.4 Å². The molecule has 1 heterocycles. The number of imide groups is 1. The molecule has 26 heavy (non-hydrogen) atoms. The summed E-state index contributed by atoms with van der Waals surface area (Å²) in [5.41, 5.74) is 0.436. The van der Waals surface area contributed by atoms with Gasteiger partial charge in [-0.15, -0.1) is 9.35 Å². The third-order valence-corrected chi connectivity index (χ3v) is 5.92. The van der Waals surface area contributed by atoms with Crippen molar-refractivity contribution in [2.75, 3.05) is 0 Å². The van der Waals surface area contributed by atoms with Gasteiger partial charge in [-0.1, -0.05) is 24.3 Å². The number of carbonyl (C=O) groups excluding carboxylic acids is 2. The third kappa shape index (κ3) is 2.70. The van der Waals surface area contributed by atoms with Crippen molar-refractivity contribution >= 4 is 55.3 Å². The van der Waals surface area contributed by atoms with Gasteiger partial charge in [-0.3, -0.25) is 9.59 Å². The lowest BCUT2D eigenvalue weighted by Crippen LogP contribution is -2.41. The molecule has 0 aromatic heterocycles. The largest absolute Gasteiger partial charge is 0.318 e. The van der Waals surface area contributed by atoms with Crippen LogP contribution < -0.4 is 0 Å². The summed E-state index contributed by atoms with van der Waals surface area (Å²) in [6, 6.07) is 15.9. The van der Waals surface area contributed by atoms with Crippen molar-refractivity contribution in [3.63, 3.8) is 0 Å². The molecule has 0 radical (unpaired) electrons. The van der Waals surface area contributed by atoms with Crippen molar-refractivity contribution in [3.05, 3.63) is 75.4 Å². The Bertz CT molecular complexity index is 1120. The van der Waals surface area contributed by atoms with E-state index in [1.165, 1.54) is 24.3 Å². The summed E-state index contributed by atoms with van der Waals surface area (Å²) in [6.07, 6.45) is 0. The summed E-state index contributed by atoms with van der Waals surface area (Å²) >= 11 is 2.04. The molecule has 0 N–H and O–H groups in total. The molecule has 0 saturated heterocycles. The fourth-order valence-corrected chi connectivity index (χ4v) is 4.07. The molecular formula is C18H10INO5S. The Labute approximate surface area is 162 Å². The Balaban J connectivity index is 1.78. The van der Waals surface area contributed by atoms with Gasteiger partial charge in [-0.25, -0.2) is 0 Å². The first kappa shape index (κ1) is 17.1. The highest BCUT2D eigenvalue weighted by molar-refractivity contribution is 14.1. The predicted molar refractivity (Wildman–Crippen MR) is 102 cm³/mol. The molecule has 0 aliphatic carbocycles. The number of benzene rings is 3. The van der Waals surface area contributed by atoms with E-state index in [1.54, 1.807) is 36.4 Å². The molecule has 2 amide bonds. The molecule has 0 bridgehead atoms. The minimum Gasteiger partial charge on any atom is -0.266 e. The summed E-state index contributed by atoms with van der Waals surface area (Å²) in [4.78, 5) is 25.2. The van der Waals surface area contributed by atoms with Gasteiger partial charge >= 0.3 is 10.1 Å². The van der Waals surface area contributed by atoms with Crippen molar-refractivity contribution < 1.29 is 22.3 Å². The van der Waals surface area contributed by atoms with Gasteiger partial charge in [0.1, 0.15) is 0 Å². The highest BCUT2D eigenvalue weighted by Gasteiger charge is 2.37. The Morgan fingerprint density at radius 2 is 1.35 bits per heavy atom. The van der Waals surface area contributed by atoms with E-state index in [9.17, 15) is 18.0 Å². The van der Waals surface area contributed by atoms with Crippen molar-refractivity contribution in [2.45, 2.75) is 4.90 Å². The Morgan fingerprint density at radius 3 is 1.88 bits per heavy atom. The smallest absolute Gasteiger partial charge is 0.266 e. The van der Waals surface area contributed by atoms with Crippen LogP contribution in [0.15, 0.2) is 65.6 Å². The molecule has 0 saturated carbocycles. The lowest BCUT2D eigenvalue weighted by Gasteiger charge is -2.25. The number of hydrogen-bond donors (Lipinski definition) is 0. The second-order valence-corrected chi connectivity index (χ2v) is 8.37. The summed E-state index contributed by atoms with van der Waals surface area (Å²) in [7, 11) is -4.33. The average molecular weight is 479 g/mol. The molecule has 1 aliphatic rings. The van der Waals surface area contributed by atoms with Crippen LogP contribution in [0.3, 0.4) is 0 Å². The Kier molecular flexibility index (Phi) is 4.05. The Morgan fingerprint density at radius 1 is 0.808 bits per heavy atom. The van der Waals surface area contributed by atoms with Gasteiger partial charge < -0.3 is 0 Å². The number of rotatable bonds is 3. The Hall–Kier alpha value is -2.30. The molecular weight excluding hydrogens is 469 g/mol. The monoisotopic (exact) mass is 479 g/mol. The lowest BCUT2D eigenvalue weighted by atomic mass is 9.95. The first-order valence-electron chi connectivity index (χ1n) is 7.49. The molecule has 3 aromatic carbocycles. The van der Waals surface area contributed by atoms with E-state index >= 15 is 0 Å². The van der Waals surface area contributed by atoms with Crippen LogP contribution >= 0.6 is 22.6 Å². The number of halogens is 1. The first-order chi connectivity index (χ1) is 12.4. The first-order valence-corrected chi connectivity index (χ1v) is 9.98. The SMILES string of the molecule is O=C1c2cccc3cccc(c23)C(=O)N1OS(=O)(=O)c1ccc(I)cc1. The molecule has 0 unspecified atom stereocenters.